The van der Waals surface area contributed by atoms with Gasteiger partial charge in [0.05, 0.1) is 6.04 Å². The minimum absolute atomic E-state index is 0.0799. The summed E-state index contributed by atoms with van der Waals surface area (Å²) in [6.07, 6.45) is 3.47. The van der Waals surface area contributed by atoms with Gasteiger partial charge in [0.1, 0.15) is 5.82 Å². The van der Waals surface area contributed by atoms with E-state index in [1.165, 1.54) is 18.9 Å². The van der Waals surface area contributed by atoms with Crippen LogP contribution in [0.1, 0.15) is 56.0 Å². The first-order valence-electron chi connectivity index (χ1n) is 10.9. The molecule has 1 aromatic carbocycles. The molecule has 0 aromatic heterocycles. The van der Waals surface area contributed by atoms with Crippen LogP contribution in [0.15, 0.2) is 18.2 Å². The number of nitrogens with one attached hydrogen (secondary N) is 1. The molecule has 6 heteroatoms. The zero-order chi connectivity index (χ0) is 21.1. The number of nitrogens with zero attached hydrogens (tertiary/aromatic N) is 2. The van der Waals surface area contributed by atoms with Gasteiger partial charge in [-0.2, -0.15) is 0 Å². The molecular formula is C23H34FN3O2. The number of hydrogen-bond acceptors (Lipinski definition) is 3. The number of rotatable bonds is 4. The number of halogens is 1. The Morgan fingerprint density at radius 3 is 2.48 bits per heavy atom. The van der Waals surface area contributed by atoms with Gasteiger partial charge < -0.3 is 10.2 Å². The first kappa shape index (κ1) is 21.8. The lowest BCUT2D eigenvalue weighted by Gasteiger charge is -2.39. The number of aryl methyl sites for hydroxylation is 1. The van der Waals surface area contributed by atoms with Gasteiger partial charge in [0, 0.05) is 37.8 Å². The normalized spacial score (nSPS) is 26.8. The molecule has 0 bridgehead atoms. The molecule has 4 atom stereocenters. The highest BCUT2D eigenvalue weighted by atomic mass is 19.1. The van der Waals surface area contributed by atoms with E-state index in [0.717, 1.165) is 6.42 Å². The van der Waals surface area contributed by atoms with Crippen LogP contribution < -0.4 is 5.32 Å². The zero-order valence-electron chi connectivity index (χ0n) is 18.1. The van der Waals surface area contributed by atoms with Gasteiger partial charge in [-0.1, -0.05) is 32.8 Å². The lowest BCUT2D eigenvalue weighted by atomic mass is 9.78. The number of amides is 2. The van der Waals surface area contributed by atoms with Crippen molar-refractivity contribution in [3.63, 3.8) is 0 Å². The fourth-order valence-electron chi connectivity index (χ4n) is 4.48. The largest absolute Gasteiger partial charge is 0.352 e. The average Bonchev–Trinajstić information content (AvgIpc) is 2.72. The van der Waals surface area contributed by atoms with Crippen molar-refractivity contribution in [3.8, 4) is 0 Å². The van der Waals surface area contributed by atoms with Crippen molar-refractivity contribution in [1.82, 2.24) is 15.1 Å². The second-order valence-corrected chi connectivity index (χ2v) is 8.85. The second-order valence-electron chi connectivity index (χ2n) is 8.85. The molecule has 29 heavy (non-hydrogen) atoms. The smallest absolute Gasteiger partial charge is 0.254 e. The molecule has 0 radical (unpaired) electrons. The molecule has 5 nitrogen and oxygen atoms in total. The fraction of sp³-hybridized carbons (Fsp3) is 0.652. The molecule has 1 aromatic rings. The maximum absolute atomic E-state index is 13.8. The number of benzene rings is 1. The van der Waals surface area contributed by atoms with Gasteiger partial charge in [0.2, 0.25) is 5.91 Å². The predicted octanol–water partition coefficient (Wildman–Crippen LogP) is 3.22. The van der Waals surface area contributed by atoms with Gasteiger partial charge in [-0.05, 0) is 49.8 Å². The quantitative estimate of drug-likeness (QED) is 0.840. The molecule has 1 saturated carbocycles. The van der Waals surface area contributed by atoms with E-state index in [0.29, 0.717) is 49.1 Å². The standard InChI is InChI=1S/C23H34FN3O2/c1-15-6-5-7-21(17(15)3)25-22(28)18(4)26-10-12-27(13-11-26)23(29)19-9-8-16(2)20(24)14-19/h8-9,14-15,17-18,21H,5-7,10-13H2,1-4H3,(H,25,28). The Kier molecular flexibility index (Phi) is 6.93. The predicted molar refractivity (Wildman–Crippen MR) is 112 cm³/mol. The lowest BCUT2D eigenvalue weighted by Crippen LogP contribution is -2.56. The summed E-state index contributed by atoms with van der Waals surface area (Å²) in [5.41, 5.74) is 0.917. The van der Waals surface area contributed by atoms with E-state index in [9.17, 15) is 14.0 Å². The Hall–Kier alpha value is -1.95. The van der Waals surface area contributed by atoms with Gasteiger partial charge in [0.15, 0.2) is 0 Å². The Balaban J connectivity index is 1.52. The topological polar surface area (TPSA) is 52.7 Å². The molecule has 2 fully saturated rings. The van der Waals surface area contributed by atoms with E-state index >= 15 is 0 Å². The third-order valence-electron chi connectivity index (χ3n) is 6.98. The molecular weight excluding hydrogens is 369 g/mol. The van der Waals surface area contributed by atoms with Crippen molar-refractivity contribution in [2.45, 2.75) is 59.0 Å². The molecule has 3 rings (SSSR count). The van der Waals surface area contributed by atoms with Crippen LogP contribution in [0.2, 0.25) is 0 Å². The van der Waals surface area contributed by atoms with Crippen LogP contribution in [0.5, 0.6) is 0 Å². The number of hydrogen-bond donors (Lipinski definition) is 1. The van der Waals surface area contributed by atoms with Gasteiger partial charge in [-0.25, -0.2) is 4.39 Å². The zero-order valence-corrected chi connectivity index (χ0v) is 18.1. The molecule has 160 valence electrons. The van der Waals surface area contributed by atoms with Crippen molar-refractivity contribution in [3.05, 3.63) is 35.1 Å². The lowest BCUT2D eigenvalue weighted by molar-refractivity contribution is -0.127. The van der Waals surface area contributed by atoms with Crippen LogP contribution in [0.25, 0.3) is 0 Å². The highest BCUT2D eigenvalue weighted by Crippen LogP contribution is 2.29. The number of piperazine rings is 1. The van der Waals surface area contributed by atoms with E-state index < -0.39 is 0 Å². The molecule has 1 aliphatic heterocycles. The summed E-state index contributed by atoms with van der Waals surface area (Å²) in [6.45, 7) is 10.5. The van der Waals surface area contributed by atoms with E-state index in [1.807, 2.05) is 6.92 Å². The molecule has 4 unspecified atom stereocenters. The third kappa shape index (κ3) is 4.97. The summed E-state index contributed by atoms with van der Waals surface area (Å²) in [6, 6.07) is 4.67. The van der Waals surface area contributed by atoms with Crippen molar-refractivity contribution in [2.75, 3.05) is 26.2 Å². The van der Waals surface area contributed by atoms with Crippen LogP contribution in [0, 0.1) is 24.6 Å². The second kappa shape index (κ2) is 9.24. The first-order valence-corrected chi connectivity index (χ1v) is 10.9. The van der Waals surface area contributed by atoms with Gasteiger partial charge >= 0.3 is 0 Å². The van der Waals surface area contributed by atoms with Gasteiger partial charge in [-0.15, -0.1) is 0 Å². The molecule has 1 heterocycles. The highest BCUT2D eigenvalue weighted by Gasteiger charge is 2.32. The molecule has 1 aliphatic carbocycles. The third-order valence-corrected chi connectivity index (χ3v) is 6.98. The van der Waals surface area contributed by atoms with Crippen molar-refractivity contribution in [1.29, 1.82) is 0 Å². The van der Waals surface area contributed by atoms with Crippen molar-refractivity contribution in [2.24, 2.45) is 11.8 Å². The van der Waals surface area contributed by atoms with Crippen LogP contribution in [-0.4, -0.2) is 59.9 Å². The van der Waals surface area contributed by atoms with E-state index in [4.69, 9.17) is 0 Å². The Labute approximate surface area is 173 Å². The summed E-state index contributed by atoms with van der Waals surface area (Å²) in [5.74, 6) is 0.725. The maximum Gasteiger partial charge on any atom is 0.254 e. The number of carbonyl (C=O) groups excluding carboxylic acids is 2. The summed E-state index contributed by atoms with van der Waals surface area (Å²) >= 11 is 0. The maximum atomic E-state index is 13.8. The molecule has 1 saturated heterocycles. The van der Waals surface area contributed by atoms with Crippen LogP contribution >= 0.6 is 0 Å². The SMILES string of the molecule is Cc1ccc(C(=O)N2CCN(C(C)C(=O)NC3CCCC(C)C3C)CC2)cc1F. The minimum Gasteiger partial charge on any atom is -0.352 e. The molecule has 1 N–H and O–H groups in total. The van der Waals surface area contributed by atoms with Crippen LogP contribution in [-0.2, 0) is 4.79 Å². The first-order chi connectivity index (χ1) is 13.8. The summed E-state index contributed by atoms with van der Waals surface area (Å²) in [5, 5.41) is 3.26. The monoisotopic (exact) mass is 403 g/mol. The van der Waals surface area contributed by atoms with Crippen LogP contribution in [0.4, 0.5) is 4.39 Å². The van der Waals surface area contributed by atoms with Crippen LogP contribution in [0.3, 0.4) is 0 Å². The van der Waals surface area contributed by atoms with E-state index in [1.54, 1.807) is 24.0 Å². The highest BCUT2D eigenvalue weighted by molar-refractivity contribution is 5.94. The summed E-state index contributed by atoms with van der Waals surface area (Å²) in [7, 11) is 0. The fourth-order valence-corrected chi connectivity index (χ4v) is 4.48. The van der Waals surface area contributed by atoms with E-state index in [-0.39, 0.29) is 29.7 Å². The van der Waals surface area contributed by atoms with Crippen molar-refractivity contribution >= 4 is 11.8 Å². The molecule has 2 aliphatic rings. The summed E-state index contributed by atoms with van der Waals surface area (Å²) < 4.78 is 13.8. The summed E-state index contributed by atoms with van der Waals surface area (Å²) in [4.78, 5) is 29.3. The van der Waals surface area contributed by atoms with Crippen molar-refractivity contribution < 1.29 is 14.0 Å². The van der Waals surface area contributed by atoms with E-state index in [2.05, 4.69) is 24.1 Å². The minimum atomic E-state index is -0.356. The Morgan fingerprint density at radius 2 is 1.83 bits per heavy atom. The average molecular weight is 404 g/mol. The van der Waals surface area contributed by atoms with Gasteiger partial charge in [-0.3, -0.25) is 14.5 Å². The Bertz CT molecular complexity index is 746. The molecule has 2 amide bonds. The molecule has 0 spiro atoms. The van der Waals surface area contributed by atoms with Gasteiger partial charge in [0.25, 0.3) is 5.91 Å². The number of carbonyl (C=O) groups is 2. The Morgan fingerprint density at radius 1 is 1.14 bits per heavy atom.